The molecule has 4 N–H and O–H groups in total. The van der Waals surface area contributed by atoms with Gasteiger partial charge >= 0.3 is 6.09 Å². The SMILES string of the molecule is CC1(NC(=O)O[C@H]2C[C@@H](c3cnc(Nc4ccc(S(N)(=O)=O)cc4)nc3)C2)CC1. The quantitative estimate of drug-likeness (QED) is 0.656. The number of sulfonamides is 1. The summed E-state index contributed by atoms with van der Waals surface area (Å²) >= 11 is 0. The Kier molecular flexibility index (Phi) is 4.91. The van der Waals surface area contributed by atoms with E-state index in [1.165, 1.54) is 12.1 Å². The molecule has 2 aliphatic carbocycles. The number of nitrogens with zero attached hydrogens (tertiary/aromatic N) is 2. The van der Waals surface area contributed by atoms with Crippen LogP contribution in [0.3, 0.4) is 0 Å². The van der Waals surface area contributed by atoms with Crippen LogP contribution in [-0.4, -0.2) is 36.1 Å². The molecule has 0 unspecified atom stereocenters. The summed E-state index contributed by atoms with van der Waals surface area (Å²) in [5.74, 6) is 0.675. The first-order chi connectivity index (χ1) is 13.7. The lowest BCUT2D eigenvalue weighted by Crippen LogP contribution is -2.40. The van der Waals surface area contributed by atoms with Gasteiger partial charge in [-0.15, -0.1) is 0 Å². The second kappa shape index (κ2) is 7.27. The number of rotatable bonds is 6. The number of hydrogen-bond acceptors (Lipinski definition) is 7. The first kappa shape index (κ1) is 19.6. The topological polar surface area (TPSA) is 136 Å². The van der Waals surface area contributed by atoms with Crippen LogP contribution in [0.25, 0.3) is 0 Å². The van der Waals surface area contributed by atoms with Crippen molar-refractivity contribution in [1.29, 1.82) is 0 Å². The minimum atomic E-state index is -3.72. The maximum atomic E-state index is 11.8. The Hall–Kier alpha value is -2.72. The van der Waals surface area contributed by atoms with Crippen molar-refractivity contribution in [2.45, 2.75) is 55.1 Å². The van der Waals surface area contributed by atoms with E-state index in [2.05, 4.69) is 20.6 Å². The van der Waals surface area contributed by atoms with E-state index in [1.54, 1.807) is 24.5 Å². The Bertz CT molecular complexity index is 998. The molecule has 1 aromatic carbocycles. The second-order valence-corrected chi connectivity index (χ2v) is 9.48. The highest BCUT2D eigenvalue weighted by Gasteiger charge is 2.41. The molecule has 2 saturated carbocycles. The minimum Gasteiger partial charge on any atom is -0.446 e. The van der Waals surface area contributed by atoms with Crippen LogP contribution in [0.2, 0.25) is 0 Å². The zero-order chi connectivity index (χ0) is 20.6. The van der Waals surface area contributed by atoms with Gasteiger partial charge in [0.1, 0.15) is 6.10 Å². The molecule has 2 fully saturated rings. The predicted molar refractivity (Wildman–Crippen MR) is 106 cm³/mol. The molecular weight excluding hydrogens is 394 g/mol. The summed E-state index contributed by atoms with van der Waals surface area (Å²) in [6, 6.07) is 6.02. The van der Waals surface area contributed by atoms with Crippen LogP contribution in [0.15, 0.2) is 41.6 Å². The third kappa shape index (κ3) is 4.83. The number of amides is 1. The predicted octanol–water partition coefficient (Wildman–Crippen LogP) is 2.39. The van der Waals surface area contributed by atoms with Crippen molar-refractivity contribution in [3.63, 3.8) is 0 Å². The molecule has 0 radical (unpaired) electrons. The van der Waals surface area contributed by atoms with Gasteiger partial charge < -0.3 is 15.4 Å². The molecule has 1 aromatic heterocycles. The number of hydrogen-bond donors (Lipinski definition) is 3. The van der Waals surface area contributed by atoms with Crippen LogP contribution < -0.4 is 15.8 Å². The summed E-state index contributed by atoms with van der Waals surface area (Å²) < 4.78 is 28.0. The summed E-state index contributed by atoms with van der Waals surface area (Å²) in [7, 11) is -3.72. The fourth-order valence-electron chi connectivity index (χ4n) is 3.14. The van der Waals surface area contributed by atoms with Crippen molar-refractivity contribution in [3.05, 3.63) is 42.2 Å². The number of alkyl carbamates (subject to hydrolysis) is 1. The number of nitrogens with two attached hydrogens (primary N) is 1. The van der Waals surface area contributed by atoms with Gasteiger partial charge in [0.05, 0.1) is 4.90 Å². The van der Waals surface area contributed by atoms with Crippen LogP contribution in [-0.2, 0) is 14.8 Å². The number of carbonyl (C=O) groups excluding carboxylic acids is 1. The molecule has 4 rings (SSSR count). The zero-order valence-electron chi connectivity index (χ0n) is 16.0. The number of anilines is 2. The summed E-state index contributed by atoms with van der Waals surface area (Å²) in [4.78, 5) is 20.5. The fourth-order valence-corrected chi connectivity index (χ4v) is 3.66. The van der Waals surface area contributed by atoms with Crippen LogP contribution in [0.1, 0.15) is 44.1 Å². The molecule has 154 valence electrons. The smallest absolute Gasteiger partial charge is 0.407 e. The minimum absolute atomic E-state index is 0.0426. The van der Waals surface area contributed by atoms with Crippen molar-refractivity contribution in [2.75, 3.05) is 5.32 Å². The summed E-state index contributed by atoms with van der Waals surface area (Å²) in [6.07, 6.45) is 6.62. The Morgan fingerprint density at radius 2 is 1.79 bits per heavy atom. The van der Waals surface area contributed by atoms with Crippen LogP contribution in [0.5, 0.6) is 0 Å². The largest absolute Gasteiger partial charge is 0.446 e. The Morgan fingerprint density at radius 1 is 1.17 bits per heavy atom. The van der Waals surface area contributed by atoms with Gasteiger partial charge in [-0.05, 0) is 68.4 Å². The van der Waals surface area contributed by atoms with E-state index in [4.69, 9.17) is 9.88 Å². The van der Waals surface area contributed by atoms with Crippen LogP contribution in [0, 0.1) is 0 Å². The number of primary sulfonamides is 1. The van der Waals surface area contributed by atoms with Gasteiger partial charge in [-0.1, -0.05) is 0 Å². The van der Waals surface area contributed by atoms with Crippen molar-refractivity contribution in [2.24, 2.45) is 5.14 Å². The van der Waals surface area contributed by atoms with Gasteiger partial charge in [-0.3, -0.25) is 0 Å². The summed E-state index contributed by atoms with van der Waals surface area (Å²) in [5, 5.41) is 11.0. The van der Waals surface area contributed by atoms with E-state index in [0.717, 1.165) is 31.2 Å². The Labute approximate surface area is 169 Å². The molecule has 1 amide bonds. The number of ether oxygens (including phenoxy) is 1. The van der Waals surface area contributed by atoms with Crippen molar-refractivity contribution in [1.82, 2.24) is 15.3 Å². The first-order valence-electron chi connectivity index (χ1n) is 9.41. The molecule has 29 heavy (non-hydrogen) atoms. The van der Waals surface area contributed by atoms with Crippen molar-refractivity contribution >= 4 is 27.8 Å². The molecule has 0 atom stereocenters. The van der Waals surface area contributed by atoms with Gasteiger partial charge in [0.15, 0.2) is 0 Å². The Balaban J connectivity index is 1.27. The van der Waals surface area contributed by atoms with Gasteiger partial charge in [-0.2, -0.15) is 0 Å². The van der Waals surface area contributed by atoms with Gasteiger partial charge in [0.25, 0.3) is 0 Å². The zero-order valence-corrected chi connectivity index (χ0v) is 16.8. The van der Waals surface area contributed by atoms with Crippen LogP contribution >= 0.6 is 0 Å². The van der Waals surface area contributed by atoms with Crippen LogP contribution in [0.4, 0.5) is 16.4 Å². The van der Waals surface area contributed by atoms with E-state index in [9.17, 15) is 13.2 Å². The second-order valence-electron chi connectivity index (χ2n) is 7.92. The third-order valence-corrected chi connectivity index (χ3v) is 6.28. The lowest BCUT2D eigenvalue weighted by atomic mass is 9.78. The lowest BCUT2D eigenvalue weighted by Gasteiger charge is -2.34. The van der Waals surface area contributed by atoms with Crippen molar-refractivity contribution in [3.8, 4) is 0 Å². The monoisotopic (exact) mass is 417 g/mol. The normalized spacial score (nSPS) is 22.3. The third-order valence-electron chi connectivity index (χ3n) is 5.35. The molecule has 2 aliphatic rings. The average molecular weight is 417 g/mol. The number of carbonyl (C=O) groups is 1. The number of benzene rings is 1. The van der Waals surface area contributed by atoms with E-state index in [0.29, 0.717) is 11.6 Å². The van der Waals surface area contributed by atoms with Gasteiger partial charge in [-0.25, -0.2) is 28.3 Å². The van der Waals surface area contributed by atoms with Crippen molar-refractivity contribution < 1.29 is 17.9 Å². The fraction of sp³-hybridized carbons (Fsp3) is 0.421. The summed E-state index contributed by atoms with van der Waals surface area (Å²) in [5.41, 5.74) is 1.57. The molecule has 0 aliphatic heterocycles. The molecule has 1 heterocycles. The first-order valence-corrected chi connectivity index (χ1v) is 11.0. The maximum absolute atomic E-state index is 11.8. The highest BCUT2D eigenvalue weighted by molar-refractivity contribution is 7.89. The summed E-state index contributed by atoms with van der Waals surface area (Å²) in [6.45, 7) is 2.01. The molecule has 0 bridgehead atoms. The number of aromatic nitrogens is 2. The van der Waals surface area contributed by atoms with E-state index in [1.807, 2.05) is 6.92 Å². The van der Waals surface area contributed by atoms with E-state index in [-0.39, 0.29) is 28.5 Å². The van der Waals surface area contributed by atoms with E-state index < -0.39 is 10.0 Å². The van der Waals surface area contributed by atoms with Gasteiger partial charge in [0, 0.05) is 23.6 Å². The molecule has 2 aromatic rings. The molecule has 9 nitrogen and oxygen atoms in total. The standard InChI is InChI=1S/C19H23N5O4S/c1-19(6-7-19)24-18(25)28-15-8-12(9-15)13-10-21-17(22-11-13)23-14-2-4-16(5-3-14)29(20,26)27/h2-5,10-12,15H,6-9H2,1H3,(H,24,25)(H2,20,26,27)(H,21,22,23)/t12-,15+. The highest BCUT2D eigenvalue weighted by atomic mass is 32.2. The average Bonchev–Trinajstić information content (AvgIpc) is 3.35. The Morgan fingerprint density at radius 3 is 2.34 bits per heavy atom. The molecule has 0 spiro atoms. The van der Waals surface area contributed by atoms with Gasteiger partial charge in [0.2, 0.25) is 16.0 Å². The highest BCUT2D eigenvalue weighted by Crippen LogP contribution is 2.39. The molecule has 0 saturated heterocycles. The lowest BCUT2D eigenvalue weighted by molar-refractivity contribution is 0.0373. The van der Waals surface area contributed by atoms with E-state index >= 15 is 0 Å². The number of nitrogens with one attached hydrogen (secondary N) is 2. The molecule has 10 heteroatoms. The maximum Gasteiger partial charge on any atom is 0.407 e. The molecular formula is C19H23N5O4S.